The Balaban J connectivity index is 2.03. The van der Waals surface area contributed by atoms with Gasteiger partial charge < -0.3 is 15.3 Å². The lowest BCUT2D eigenvalue weighted by molar-refractivity contribution is 0.437. The van der Waals surface area contributed by atoms with Gasteiger partial charge in [-0.15, -0.1) is 0 Å². The van der Waals surface area contributed by atoms with Crippen LogP contribution in [0.3, 0.4) is 0 Å². The molecule has 0 aliphatic heterocycles. The van der Waals surface area contributed by atoms with E-state index in [9.17, 15) is 29.7 Å². The summed E-state index contributed by atoms with van der Waals surface area (Å²) in [5.74, 6) is 0.334. The monoisotopic (exact) mass is 699 g/mol. The van der Waals surface area contributed by atoms with Gasteiger partial charge in [-0.2, -0.15) is 0 Å². The number of benzene rings is 3. The second kappa shape index (κ2) is 13.2. The maximum absolute atomic E-state index is 14.3. The minimum atomic E-state index is -0.798. The van der Waals surface area contributed by atoms with Crippen molar-refractivity contribution in [3.8, 4) is 17.2 Å². The molecule has 276 valence electrons. The van der Waals surface area contributed by atoms with Crippen molar-refractivity contribution in [1.82, 2.24) is 13.7 Å². The van der Waals surface area contributed by atoms with Crippen molar-refractivity contribution in [1.29, 1.82) is 0 Å². The fraction of sp³-hybridized carbons (Fsp3) is 0.500. The predicted octanol–water partition coefficient (Wildman–Crippen LogP) is 7.18. The minimum Gasteiger partial charge on any atom is -0.507 e. The zero-order valence-corrected chi connectivity index (χ0v) is 33.3. The van der Waals surface area contributed by atoms with E-state index in [-0.39, 0.29) is 53.1 Å². The van der Waals surface area contributed by atoms with Gasteiger partial charge in [0.25, 0.3) is 0 Å². The van der Waals surface area contributed by atoms with Crippen molar-refractivity contribution in [2.45, 2.75) is 140 Å². The SMILES string of the molecule is Cc1cc(Cn2c(=O)n(Cc3cc(C)c(C(C)(C)C)c(O)c3C)c(=O)n(Cc3cc(C)c(C(C)(C)C)c(O)c3C)c2=O)c(C)c(O)c1C(C)(C)C. The molecule has 3 N–H and O–H groups in total. The van der Waals surface area contributed by atoms with Gasteiger partial charge in [0.15, 0.2) is 0 Å². The highest BCUT2D eigenvalue weighted by Crippen LogP contribution is 2.40. The number of hydrogen-bond acceptors (Lipinski definition) is 6. The number of hydrogen-bond donors (Lipinski definition) is 3. The van der Waals surface area contributed by atoms with Crippen LogP contribution in [-0.2, 0) is 35.9 Å². The van der Waals surface area contributed by atoms with Crippen molar-refractivity contribution in [2.75, 3.05) is 0 Å². The Morgan fingerprint density at radius 3 is 0.804 bits per heavy atom. The van der Waals surface area contributed by atoms with Gasteiger partial charge in [-0.25, -0.2) is 28.1 Å². The Kier molecular flexibility index (Phi) is 10.2. The summed E-state index contributed by atoms with van der Waals surface area (Å²) in [6.07, 6.45) is 0. The second-order valence-corrected chi connectivity index (χ2v) is 17.5. The number of phenols is 3. The molecule has 9 heteroatoms. The van der Waals surface area contributed by atoms with Crippen molar-refractivity contribution in [2.24, 2.45) is 0 Å². The van der Waals surface area contributed by atoms with Crippen molar-refractivity contribution >= 4 is 0 Å². The van der Waals surface area contributed by atoms with Crippen LogP contribution < -0.4 is 17.1 Å². The van der Waals surface area contributed by atoms with E-state index < -0.39 is 17.1 Å². The zero-order chi connectivity index (χ0) is 38.9. The van der Waals surface area contributed by atoms with E-state index >= 15 is 0 Å². The van der Waals surface area contributed by atoms with E-state index in [0.29, 0.717) is 33.4 Å². The number of aryl methyl sites for hydroxylation is 3. The Bertz CT molecular complexity index is 1950. The standard InChI is InChI=1S/C42H57N3O6/c1-22-16-28(25(4)34(46)31(22)40(7,8)9)19-43-37(49)44(20-29-17-23(2)32(41(10,11)12)35(47)26(29)5)39(51)45(38(43)50)21-30-18-24(3)33(42(13,14)15)36(48)27(30)6/h16-18,46-48H,19-21H2,1-15H3. The van der Waals surface area contributed by atoms with Crippen molar-refractivity contribution in [3.63, 3.8) is 0 Å². The fourth-order valence-electron chi connectivity index (χ4n) is 7.84. The van der Waals surface area contributed by atoms with E-state index in [1.807, 2.05) is 101 Å². The molecule has 0 radical (unpaired) electrons. The Morgan fingerprint density at radius 2 is 0.627 bits per heavy atom. The van der Waals surface area contributed by atoms with E-state index in [1.54, 1.807) is 20.8 Å². The van der Waals surface area contributed by atoms with Crippen LogP contribution >= 0.6 is 0 Å². The fourth-order valence-corrected chi connectivity index (χ4v) is 7.84. The third kappa shape index (κ3) is 7.17. The van der Waals surface area contributed by atoms with Crippen LogP contribution in [0.25, 0.3) is 0 Å². The molecule has 0 fully saturated rings. The first kappa shape index (κ1) is 39.3. The maximum Gasteiger partial charge on any atom is 0.336 e. The molecular weight excluding hydrogens is 642 g/mol. The van der Waals surface area contributed by atoms with Crippen LogP contribution in [0, 0.1) is 41.5 Å². The molecule has 51 heavy (non-hydrogen) atoms. The second-order valence-electron chi connectivity index (χ2n) is 17.5. The van der Waals surface area contributed by atoms with Crippen LogP contribution in [0.1, 0.15) is 129 Å². The van der Waals surface area contributed by atoms with Gasteiger partial charge in [-0.1, -0.05) is 80.5 Å². The Hall–Kier alpha value is -4.53. The maximum atomic E-state index is 14.3. The molecule has 1 aromatic heterocycles. The quantitative estimate of drug-likeness (QED) is 0.196. The van der Waals surface area contributed by atoms with Crippen LogP contribution in [0.15, 0.2) is 32.6 Å². The molecule has 0 spiro atoms. The summed E-state index contributed by atoms with van der Waals surface area (Å²) >= 11 is 0. The van der Waals surface area contributed by atoms with E-state index in [2.05, 4.69) is 0 Å². The van der Waals surface area contributed by atoms with Crippen molar-refractivity contribution in [3.05, 3.63) is 116 Å². The summed E-state index contributed by atoms with van der Waals surface area (Å²) in [5.41, 5.74) is 4.76. The highest BCUT2D eigenvalue weighted by atomic mass is 16.3. The molecule has 4 rings (SSSR count). The van der Waals surface area contributed by atoms with Gasteiger partial charge in [-0.05, 0) is 108 Å². The Morgan fingerprint density at radius 1 is 0.431 bits per heavy atom. The highest BCUT2D eigenvalue weighted by molar-refractivity contribution is 5.54. The summed E-state index contributed by atoms with van der Waals surface area (Å²) in [4.78, 5) is 42.9. The topological polar surface area (TPSA) is 127 Å². The lowest BCUT2D eigenvalue weighted by Crippen LogP contribution is -2.55. The van der Waals surface area contributed by atoms with Gasteiger partial charge in [-0.3, -0.25) is 0 Å². The van der Waals surface area contributed by atoms with Crippen LogP contribution in [0.4, 0.5) is 0 Å². The highest BCUT2D eigenvalue weighted by Gasteiger charge is 2.28. The summed E-state index contributed by atoms with van der Waals surface area (Å²) in [6, 6.07) is 5.65. The average Bonchev–Trinajstić information content (AvgIpc) is 2.96. The molecule has 0 saturated heterocycles. The van der Waals surface area contributed by atoms with Crippen LogP contribution in [0.2, 0.25) is 0 Å². The third-order valence-electron chi connectivity index (χ3n) is 10.2. The number of nitrogens with zero attached hydrogens (tertiary/aromatic N) is 3. The lowest BCUT2D eigenvalue weighted by Gasteiger charge is -2.26. The van der Waals surface area contributed by atoms with Gasteiger partial charge >= 0.3 is 17.1 Å². The Labute approximate surface area is 301 Å². The zero-order valence-electron chi connectivity index (χ0n) is 33.3. The average molecular weight is 700 g/mol. The number of phenolic OH excluding ortho intramolecular Hbond substituents is 3. The summed E-state index contributed by atoms with van der Waals surface area (Å²) < 4.78 is 3.11. The molecule has 1 heterocycles. The number of aromatic hydroxyl groups is 3. The van der Waals surface area contributed by atoms with Gasteiger partial charge in [0, 0.05) is 16.7 Å². The number of rotatable bonds is 6. The largest absolute Gasteiger partial charge is 0.507 e. The van der Waals surface area contributed by atoms with Gasteiger partial charge in [0.05, 0.1) is 19.6 Å². The normalized spacial score (nSPS) is 12.5. The third-order valence-corrected chi connectivity index (χ3v) is 10.2. The molecule has 9 nitrogen and oxygen atoms in total. The van der Waals surface area contributed by atoms with E-state index in [0.717, 1.165) is 47.1 Å². The molecule has 0 atom stereocenters. The smallest absolute Gasteiger partial charge is 0.336 e. The first-order valence-electron chi connectivity index (χ1n) is 17.6. The molecule has 0 amide bonds. The minimum absolute atomic E-state index is 0.111. The van der Waals surface area contributed by atoms with Crippen LogP contribution in [-0.4, -0.2) is 29.0 Å². The molecule has 0 saturated carbocycles. The first-order chi connectivity index (χ1) is 23.2. The van der Waals surface area contributed by atoms with Gasteiger partial charge in [0.1, 0.15) is 17.2 Å². The molecule has 0 unspecified atom stereocenters. The molecule has 0 aliphatic carbocycles. The molecule has 4 aromatic rings. The molecular formula is C42H57N3O6. The molecule has 0 aliphatic rings. The molecule has 0 bridgehead atoms. The first-order valence-corrected chi connectivity index (χ1v) is 17.6. The van der Waals surface area contributed by atoms with Gasteiger partial charge in [0.2, 0.25) is 0 Å². The number of aromatic nitrogens is 3. The molecule has 3 aromatic carbocycles. The summed E-state index contributed by atoms with van der Waals surface area (Å²) in [7, 11) is 0. The summed E-state index contributed by atoms with van der Waals surface area (Å²) in [5, 5.41) is 33.9. The lowest BCUT2D eigenvalue weighted by atomic mass is 9.81. The van der Waals surface area contributed by atoms with Crippen LogP contribution in [0.5, 0.6) is 17.2 Å². The van der Waals surface area contributed by atoms with E-state index in [1.165, 1.54) is 0 Å². The summed E-state index contributed by atoms with van der Waals surface area (Å²) in [6.45, 7) is 28.5. The predicted molar refractivity (Wildman–Crippen MR) is 205 cm³/mol. The van der Waals surface area contributed by atoms with E-state index in [4.69, 9.17) is 0 Å². The van der Waals surface area contributed by atoms with Crippen molar-refractivity contribution < 1.29 is 15.3 Å².